The topological polar surface area (TPSA) is 57.5 Å². The van der Waals surface area contributed by atoms with E-state index in [1.165, 1.54) is 22.0 Å². The zero-order valence-corrected chi connectivity index (χ0v) is 17.1. The van der Waals surface area contributed by atoms with Gasteiger partial charge < -0.3 is 14.0 Å². The van der Waals surface area contributed by atoms with E-state index in [2.05, 4.69) is 0 Å². The van der Waals surface area contributed by atoms with Crippen LogP contribution in [0.4, 0.5) is 0 Å². The molecule has 2 aromatic carbocycles. The Hall–Kier alpha value is -2.83. The summed E-state index contributed by atoms with van der Waals surface area (Å²) in [4.78, 5) is 25.0. The molecule has 0 unspecified atom stereocenters. The van der Waals surface area contributed by atoms with E-state index in [-0.39, 0.29) is 11.3 Å². The van der Waals surface area contributed by atoms with E-state index in [0.29, 0.717) is 31.3 Å². The highest BCUT2D eigenvalue weighted by Gasteiger charge is 2.07. The first-order chi connectivity index (χ1) is 13.4. The molecular formula is C21H18ClNO4S. The minimum Gasteiger partial charge on any atom is -0.493 e. The van der Waals surface area contributed by atoms with Crippen molar-refractivity contribution in [3.8, 4) is 11.5 Å². The van der Waals surface area contributed by atoms with Crippen molar-refractivity contribution in [2.45, 2.75) is 0 Å². The quantitative estimate of drug-likeness (QED) is 0.601. The average molecular weight is 416 g/mol. The second-order valence-corrected chi connectivity index (χ2v) is 7.44. The zero-order chi connectivity index (χ0) is 20.3. The van der Waals surface area contributed by atoms with Crippen molar-refractivity contribution in [3.05, 3.63) is 78.2 Å². The molecule has 0 saturated carbocycles. The van der Waals surface area contributed by atoms with Crippen molar-refractivity contribution in [2.75, 3.05) is 14.2 Å². The highest BCUT2D eigenvalue weighted by Crippen LogP contribution is 2.27. The molecule has 0 bridgehead atoms. The number of nitrogens with zero attached hydrogens (tertiary/aromatic N) is 1. The molecule has 0 aliphatic rings. The van der Waals surface area contributed by atoms with E-state index in [9.17, 15) is 9.59 Å². The third kappa shape index (κ3) is 4.18. The Kier molecular flexibility index (Phi) is 6.02. The fourth-order valence-electron chi connectivity index (χ4n) is 2.61. The Labute approximate surface area is 170 Å². The van der Waals surface area contributed by atoms with Crippen LogP contribution in [0.2, 0.25) is 5.02 Å². The standard InChI is InChI=1S/C21H18ClNO4S/c1-23-20(12-16(24)14-5-7-15(22)8-6-14)28-19(21(23)25)11-13-4-9-17(26-2)18(10-13)27-3/h4-12H,1-3H3/b19-11-,20-12-. The highest BCUT2D eigenvalue weighted by atomic mass is 35.5. The maximum absolute atomic E-state index is 12.6. The van der Waals surface area contributed by atoms with Crippen LogP contribution in [0, 0.1) is 0 Å². The second-order valence-electron chi connectivity index (χ2n) is 5.94. The van der Waals surface area contributed by atoms with Gasteiger partial charge in [0.2, 0.25) is 0 Å². The van der Waals surface area contributed by atoms with Crippen LogP contribution in [0.25, 0.3) is 12.2 Å². The Morgan fingerprint density at radius 3 is 2.39 bits per heavy atom. The van der Waals surface area contributed by atoms with Gasteiger partial charge in [0.15, 0.2) is 17.3 Å². The Bertz CT molecular complexity index is 1190. The van der Waals surface area contributed by atoms with E-state index >= 15 is 0 Å². The second kappa shape index (κ2) is 8.46. The van der Waals surface area contributed by atoms with Gasteiger partial charge in [-0.1, -0.05) is 17.7 Å². The molecule has 0 amide bonds. The van der Waals surface area contributed by atoms with Gasteiger partial charge in [0.25, 0.3) is 5.56 Å². The van der Waals surface area contributed by atoms with Crippen LogP contribution in [0.5, 0.6) is 11.5 Å². The lowest BCUT2D eigenvalue weighted by Crippen LogP contribution is -2.29. The molecule has 0 saturated heterocycles. The van der Waals surface area contributed by atoms with Gasteiger partial charge in [-0.05, 0) is 48.0 Å². The summed E-state index contributed by atoms with van der Waals surface area (Å²) in [5.41, 5.74) is 1.14. The van der Waals surface area contributed by atoms with Crippen molar-refractivity contribution >= 4 is 40.9 Å². The van der Waals surface area contributed by atoms with Crippen molar-refractivity contribution in [2.24, 2.45) is 7.05 Å². The molecule has 5 nitrogen and oxygen atoms in total. The van der Waals surface area contributed by atoms with E-state index in [1.807, 2.05) is 6.07 Å². The lowest BCUT2D eigenvalue weighted by molar-refractivity contribution is 0.106. The van der Waals surface area contributed by atoms with Gasteiger partial charge >= 0.3 is 0 Å². The molecule has 0 atom stereocenters. The first kappa shape index (κ1) is 19.9. The fraction of sp³-hybridized carbons (Fsp3) is 0.143. The number of aromatic nitrogens is 1. The first-order valence-electron chi connectivity index (χ1n) is 8.34. The number of ether oxygens (including phenoxy) is 2. The number of ketones is 1. The molecule has 3 aromatic rings. The van der Waals surface area contributed by atoms with Crippen LogP contribution in [-0.2, 0) is 7.05 Å². The number of halogens is 1. The summed E-state index contributed by atoms with van der Waals surface area (Å²) in [5, 5.41) is 0.562. The zero-order valence-electron chi connectivity index (χ0n) is 15.6. The molecule has 0 radical (unpaired) electrons. The normalized spacial score (nSPS) is 12.3. The summed E-state index contributed by atoms with van der Waals surface area (Å²) in [6.07, 6.45) is 3.22. The lowest BCUT2D eigenvalue weighted by Gasteiger charge is -2.07. The van der Waals surface area contributed by atoms with Crippen LogP contribution >= 0.6 is 22.9 Å². The molecule has 0 N–H and O–H groups in total. The largest absolute Gasteiger partial charge is 0.493 e. The Morgan fingerprint density at radius 1 is 1.07 bits per heavy atom. The molecule has 0 aliphatic carbocycles. The summed E-state index contributed by atoms with van der Waals surface area (Å²) in [5.74, 6) is 1.00. The maximum Gasteiger partial charge on any atom is 0.268 e. The van der Waals surface area contributed by atoms with E-state index in [4.69, 9.17) is 21.1 Å². The predicted molar refractivity (Wildman–Crippen MR) is 112 cm³/mol. The monoisotopic (exact) mass is 415 g/mol. The minimum atomic E-state index is -0.189. The third-order valence-corrected chi connectivity index (χ3v) is 5.51. The molecule has 1 aromatic heterocycles. The molecule has 144 valence electrons. The molecule has 1 heterocycles. The number of carbonyl (C=O) groups is 1. The number of thiazole rings is 1. The number of benzene rings is 2. The van der Waals surface area contributed by atoms with Gasteiger partial charge in [-0.15, -0.1) is 11.3 Å². The van der Waals surface area contributed by atoms with Crippen molar-refractivity contribution in [1.82, 2.24) is 4.57 Å². The van der Waals surface area contributed by atoms with Crippen LogP contribution in [0.3, 0.4) is 0 Å². The van der Waals surface area contributed by atoms with Crippen LogP contribution in [0.1, 0.15) is 15.9 Å². The van der Waals surface area contributed by atoms with Crippen molar-refractivity contribution in [3.63, 3.8) is 0 Å². The molecule has 0 fully saturated rings. The van der Waals surface area contributed by atoms with Crippen LogP contribution < -0.4 is 24.2 Å². The van der Waals surface area contributed by atoms with Gasteiger partial charge in [0.1, 0.15) is 4.66 Å². The fourth-order valence-corrected chi connectivity index (χ4v) is 3.77. The number of rotatable bonds is 5. The smallest absolute Gasteiger partial charge is 0.268 e. The summed E-state index contributed by atoms with van der Waals surface area (Å²) in [7, 11) is 4.77. The summed E-state index contributed by atoms with van der Waals surface area (Å²) in [6, 6.07) is 12.0. The number of hydrogen-bond donors (Lipinski definition) is 0. The van der Waals surface area contributed by atoms with E-state index in [0.717, 1.165) is 5.56 Å². The van der Waals surface area contributed by atoms with Crippen LogP contribution in [-0.4, -0.2) is 24.6 Å². The number of hydrogen-bond acceptors (Lipinski definition) is 5. The van der Waals surface area contributed by atoms with E-state index < -0.39 is 0 Å². The predicted octanol–water partition coefficient (Wildman–Crippen LogP) is 2.61. The first-order valence-corrected chi connectivity index (χ1v) is 9.53. The Balaban J connectivity index is 2.04. The molecular weight excluding hydrogens is 398 g/mol. The molecule has 3 rings (SSSR count). The molecule has 7 heteroatoms. The molecule has 0 spiro atoms. The van der Waals surface area contributed by atoms with Gasteiger partial charge in [-0.2, -0.15) is 0 Å². The molecule has 28 heavy (non-hydrogen) atoms. The SMILES string of the molecule is COc1ccc(/C=c2\s/c(=C\C(=O)c3ccc(Cl)cc3)n(C)c2=O)cc1OC. The van der Waals surface area contributed by atoms with Crippen molar-refractivity contribution in [1.29, 1.82) is 0 Å². The van der Waals surface area contributed by atoms with Gasteiger partial charge in [-0.3, -0.25) is 9.59 Å². The third-order valence-electron chi connectivity index (χ3n) is 4.15. The number of Topliss-reactive ketones (excluding diaryl/α,β-unsaturated/α-hetero) is 1. The number of methoxy groups -OCH3 is 2. The Morgan fingerprint density at radius 2 is 1.75 bits per heavy atom. The van der Waals surface area contributed by atoms with Gasteiger partial charge in [-0.25, -0.2) is 0 Å². The lowest BCUT2D eigenvalue weighted by atomic mass is 10.1. The highest BCUT2D eigenvalue weighted by molar-refractivity contribution is 7.07. The van der Waals surface area contributed by atoms with Crippen LogP contribution in [0.15, 0.2) is 47.3 Å². The van der Waals surface area contributed by atoms with Gasteiger partial charge in [0.05, 0.1) is 18.8 Å². The van der Waals surface area contributed by atoms with Crippen molar-refractivity contribution < 1.29 is 14.3 Å². The average Bonchev–Trinajstić information content (AvgIpc) is 2.96. The molecule has 0 aliphatic heterocycles. The van der Waals surface area contributed by atoms with E-state index in [1.54, 1.807) is 63.7 Å². The summed E-state index contributed by atoms with van der Waals surface area (Å²) < 4.78 is 13.1. The summed E-state index contributed by atoms with van der Waals surface area (Å²) >= 11 is 7.11. The minimum absolute atomic E-state index is 0.171. The maximum atomic E-state index is 12.6. The summed E-state index contributed by atoms with van der Waals surface area (Å²) in [6.45, 7) is 0. The van der Waals surface area contributed by atoms with Gasteiger partial charge in [0, 0.05) is 23.7 Å². The number of carbonyl (C=O) groups excluding carboxylic acids is 1.